The largest absolute Gasteiger partial charge is 0.475 e. The molecule has 1 N–H and O–H groups in total. The Kier molecular flexibility index (Phi) is 6.34. The standard InChI is InChI=1S/C30H31N3O3S/c1-20-25-17-24(12-13-28(25)36-29(20)30(34)35)37-33(15-14-21-8-4-3-5-9-21)27-11-7-6-10-26(27)32-19-22-16-23(32)18-31(22)2/h3-13,17,22-23H,14-16,18-19H2,1-2H3,(H,34,35). The van der Waals surface area contributed by atoms with Gasteiger partial charge in [-0.15, -0.1) is 0 Å². The number of para-hydroxylation sites is 2. The minimum atomic E-state index is -1.04. The number of aryl methyl sites for hydroxylation is 1. The minimum Gasteiger partial charge on any atom is -0.475 e. The molecule has 3 aromatic carbocycles. The van der Waals surface area contributed by atoms with Crippen molar-refractivity contribution in [2.45, 2.75) is 36.7 Å². The molecule has 4 aromatic rings. The highest BCUT2D eigenvalue weighted by molar-refractivity contribution is 8.00. The predicted octanol–water partition coefficient (Wildman–Crippen LogP) is 6.09. The first kappa shape index (κ1) is 23.9. The van der Waals surface area contributed by atoms with Crippen LogP contribution in [0, 0.1) is 6.92 Å². The molecule has 2 aliphatic heterocycles. The molecule has 2 aliphatic rings. The summed E-state index contributed by atoms with van der Waals surface area (Å²) in [6.45, 7) is 4.83. The number of rotatable bonds is 8. The summed E-state index contributed by atoms with van der Waals surface area (Å²) in [6.07, 6.45) is 2.15. The van der Waals surface area contributed by atoms with Gasteiger partial charge in [0.05, 0.1) is 11.4 Å². The quantitative estimate of drug-likeness (QED) is 0.286. The normalized spacial score (nSPS) is 19.1. The SMILES string of the molecule is Cc1c(C(=O)O)oc2ccc(SN(CCc3ccccc3)c3ccccc3N3CC4CC3CN4C)cc12. The molecule has 0 aliphatic carbocycles. The lowest BCUT2D eigenvalue weighted by atomic mass is 10.1. The Morgan fingerprint density at radius 2 is 1.84 bits per heavy atom. The van der Waals surface area contributed by atoms with Gasteiger partial charge >= 0.3 is 5.97 Å². The number of furan rings is 1. The minimum absolute atomic E-state index is 0.0116. The van der Waals surface area contributed by atoms with Gasteiger partial charge in [0, 0.05) is 47.6 Å². The Hall–Kier alpha value is -3.42. The highest BCUT2D eigenvalue weighted by Gasteiger charge is 2.42. The molecule has 0 saturated carbocycles. The lowest BCUT2D eigenvalue weighted by Gasteiger charge is -2.36. The number of nitrogens with zero attached hydrogens (tertiary/aromatic N) is 3. The number of aromatic carboxylic acids is 1. The summed E-state index contributed by atoms with van der Waals surface area (Å²) < 4.78 is 8.00. The van der Waals surface area contributed by atoms with Crippen LogP contribution in [-0.4, -0.2) is 54.7 Å². The Labute approximate surface area is 221 Å². The molecule has 2 atom stereocenters. The van der Waals surface area contributed by atoms with Crippen LogP contribution in [0.4, 0.5) is 11.4 Å². The lowest BCUT2D eigenvalue weighted by molar-refractivity contribution is 0.0664. The number of piperazine rings is 1. The molecule has 37 heavy (non-hydrogen) atoms. The number of hydrogen-bond acceptors (Lipinski definition) is 6. The van der Waals surface area contributed by atoms with Gasteiger partial charge in [0.15, 0.2) is 0 Å². The van der Waals surface area contributed by atoms with Crippen LogP contribution < -0.4 is 9.21 Å². The maximum Gasteiger partial charge on any atom is 0.372 e. The van der Waals surface area contributed by atoms with Gasteiger partial charge in [-0.1, -0.05) is 42.5 Å². The number of likely N-dealkylation sites (tertiary alicyclic amines) is 1. The van der Waals surface area contributed by atoms with Gasteiger partial charge in [0.1, 0.15) is 5.58 Å². The van der Waals surface area contributed by atoms with Gasteiger partial charge in [0.25, 0.3) is 0 Å². The summed E-state index contributed by atoms with van der Waals surface area (Å²) in [7, 11) is 2.24. The molecule has 0 amide bonds. The molecular weight excluding hydrogens is 482 g/mol. The number of likely N-dealkylation sites (N-methyl/N-ethyl adjacent to an activating group) is 1. The number of carboxylic acids is 1. The molecule has 6 rings (SSSR count). The van der Waals surface area contributed by atoms with Gasteiger partial charge in [-0.2, -0.15) is 0 Å². The fraction of sp³-hybridized carbons (Fsp3) is 0.300. The summed E-state index contributed by atoms with van der Waals surface area (Å²) in [5, 5.41) is 10.3. The highest BCUT2D eigenvalue weighted by atomic mass is 32.2. The summed E-state index contributed by atoms with van der Waals surface area (Å²) >= 11 is 1.70. The van der Waals surface area contributed by atoms with Crippen LogP contribution in [-0.2, 0) is 6.42 Å². The first-order valence-electron chi connectivity index (χ1n) is 12.8. The van der Waals surface area contributed by atoms with Crippen LogP contribution in [0.15, 0.2) is 82.1 Å². The van der Waals surface area contributed by atoms with Gasteiger partial charge in [-0.25, -0.2) is 4.79 Å². The molecule has 3 heterocycles. The van der Waals surface area contributed by atoms with Crippen LogP contribution >= 0.6 is 11.9 Å². The summed E-state index contributed by atoms with van der Waals surface area (Å²) in [4.78, 5) is 17.7. The fourth-order valence-electron chi connectivity index (χ4n) is 5.76. The van der Waals surface area contributed by atoms with Gasteiger partial charge in [-0.05, 0) is 74.7 Å². The van der Waals surface area contributed by atoms with Gasteiger partial charge in [0.2, 0.25) is 5.76 Å². The monoisotopic (exact) mass is 513 g/mol. The van der Waals surface area contributed by atoms with E-state index in [-0.39, 0.29) is 5.76 Å². The molecule has 7 heteroatoms. The molecule has 2 fully saturated rings. The van der Waals surface area contributed by atoms with E-state index in [2.05, 4.69) is 81.8 Å². The van der Waals surface area contributed by atoms with Crippen LogP contribution in [0.3, 0.4) is 0 Å². The smallest absolute Gasteiger partial charge is 0.372 e. The van der Waals surface area contributed by atoms with E-state index in [9.17, 15) is 9.90 Å². The van der Waals surface area contributed by atoms with E-state index in [1.165, 1.54) is 23.4 Å². The third-order valence-electron chi connectivity index (χ3n) is 7.74. The van der Waals surface area contributed by atoms with E-state index in [0.717, 1.165) is 36.3 Å². The number of anilines is 2. The van der Waals surface area contributed by atoms with E-state index in [1.807, 2.05) is 19.1 Å². The molecule has 2 bridgehead atoms. The second-order valence-electron chi connectivity index (χ2n) is 10.1. The number of hydrogen-bond donors (Lipinski definition) is 1. The Balaban J connectivity index is 1.34. The van der Waals surface area contributed by atoms with Crippen LogP contribution in [0.2, 0.25) is 0 Å². The van der Waals surface area contributed by atoms with E-state index < -0.39 is 5.97 Å². The lowest BCUT2D eigenvalue weighted by Crippen LogP contribution is -2.45. The number of carboxylic acid groups (broad SMARTS) is 1. The number of benzene rings is 3. The fourth-order valence-corrected chi connectivity index (χ4v) is 6.75. The van der Waals surface area contributed by atoms with E-state index in [0.29, 0.717) is 23.2 Å². The maximum atomic E-state index is 11.6. The van der Waals surface area contributed by atoms with Crippen molar-refractivity contribution in [3.8, 4) is 0 Å². The average molecular weight is 514 g/mol. The van der Waals surface area contributed by atoms with Crippen LogP contribution in [0.25, 0.3) is 11.0 Å². The Morgan fingerprint density at radius 1 is 1.05 bits per heavy atom. The summed E-state index contributed by atoms with van der Waals surface area (Å²) in [5.41, 5.74) is 5.08. The second-order valence-corrected chi connectivity index (χ2v) is 11.2. The third kappa shape index (κ3) is 4.58. The topological polar surface area (TPSA) is 60.2 Å². The van der Waals surface area contributed by atoms with Crippen molar-refractivity contribution < 1.29 is 14.3 Å². The van der Waals surface area contributed by atoms with Gasteiger partial charge in [-0.3, -0.25) is 4.90 Å². The first-order chi connectivity index (χ1) is 18.0. The zero-order valence-corrected chi connectivity index (χ0v) is 21.9. The molecule has 190 valence electrons. The predicted molar refractivity (Wildman–Crippen MR) is 150 cm³/mol. The van der Waals surface area contributed by atoms with Gasteiger partial charge < -0.3 is 18.7 Å². The van der Waals surface area contributed by atoms with Crippen molar-refractivity contribution >= 4 is 40.3 Å². The molecule has 0 spiro atoms. The molecule has 1 aromatic heterocycles. The first-order valence-corrected chi connectivity index (χ1v) is 13.6. The van der Waals surface area contributed by atoms with E-state index >= 15 is 0 Å². The molecule has 2 saturated heterocycles. The van der Waals surface area contributed by atoms with Crippen LogP contribution in [0.1, 0.15) is 28.1 Å². The molecular formula is C30H31N3O3S. The maximum absolute atomic E-state index is 11.6. The molecule has 6 nitrogen and oxygen atoms in total. The molecule has 0 radical (unpaired) electrons. The zero-order chi connectivity index (χ0) is 25.5. The van der Waals surface area contributed by atoms with Crippen molar-refractivity contribution in [3.63, 3.8) is 0 Å². The number of carbonyl (C=O) groups is 1. The second kappa shape index (κ2) is 9.80. The van der Waals surface area contributed by atoms with E-state index in [4.69, 9.17) is 4.42 Å². The van der Waals surface area contributed by atoms with Crippen LogP contribution in [0.5, 0.6) is 0 Å². The average Bonchev–Trinajstić information content (AvgIpc) is 3.59. The van der Waals surface area contributed by atoms with Crippen molar-refractivity contribution in [1.82, 2.24) is 4.90 Å². The summed E-state index contributed by atoms with van der Waals surface area (Å²) in [6, 6.07) is 26.5. The molecule has 2 unspecified atom stereocenters. The Morgan fingerprint density at radius 3 is 2.57 bits per heavy atom. The summed E-state index contributed by atoms with van der Waals surface area (Å²) in [5.74, 6) is -1.02. The number of fused-ring (bicyclic) bond motifs is 3. The van der Waals surface area contributed by atoms with Crippen molar-refractivity contribution in [1.29, 1.82) is 0 Å². The van der Waals surface area contributed by atoms with Crippen molar-refractivity contribution in [2.75, 3.05) is 35.9 Å². The van der Waals surface area contributed by atoms with E-state index in [1.54, 1.807) is 11.9 Å². The third-order valence-corrected chi connectivity index (χ3v) is 8.80. The van der Waals surface area contributed by atoms with Crippen molar-refractivity contribution in [2.24, 2.45) is 0 Å². The van der Waals surface area contributed by atoms with Crippen molar-refractivity contribution in [3.05, 3.63) is 89.7 Å². The Bertz CT molecular complexity index is 1430. The zero-order valence-electron chi connectivity index (χ0n) is 21.1. The highest BCUT2D eigenvalue weighted by Crippen LogP contribution is 2.42.